The van der Waals surface area contributed by atoms with Crippen LogP contribution in [0.1, 0.15) is 16.2 Å². The highest BCUT2D eigenvalue weighted by atomic mass is 35.5. The third-order valence-corrected chi connectivity index (χ3v) is 3.32. The first-order valence-electron chi connectivity index (χ1n) is 6.74. The van der Waals surface area contributed by atoms with Gasteiger partial charge in [-0.05, 0) is 48.5 Å². The summed E-state index contributed by atoms with van der Waals surface area (Å²) in [4.78, 5) is 11.9. The normalized spacial score (nSPS) is 10.5. The molecular weight excluding hydrogens is 321 g/mol. The predicted octanol–water partition coefficient (Wildman–Crippen LogP) is 3.46. The second-order valence-electron chi connectivity index (χ2n) is 4.70. The highest BCUT2D eigenvalue weighted by Gasteiger charge is 2.11. The fourth-order valence-corrected chi connectivity index (χ4v) is 2.02. The summed E-state index contributed by atoms with van der Waals surface area (Å²) in [6.07, 6.45) is 0. The van der Waals surface area contributed by atoms with Gasteiger partial charge in [0.15, 0.2) is 0 Å². The van der Waals surface area contributed by atoms with Crippen molar-refractivity contribution in [2.24, 2.45) is 0 Å². The van der Waals surface area contributed by atoms with Crippen molar-refractivity contribution < 1.29 is 13.6 Å². The monoisotopic (exact) mass is 331 g/mol. The summed E-state index contributed by atoms with van der Waals surface area (Å²) in [6.45, 7) is 0.0802. The van der Waals surface area contributed by atoms with Gasteiger partial charge >= 0.3 is 0 Å². The number of carbonyl (C=O) groups excluding carboxylic acids is 1. The van der Waals surface area contributed by atoms with Crippen LogP contribution in [-0.4, -0.2) is 16.1 Å². The molecule has 1 heterocycles. The van der Waals surface area contributed by atoms with Crippen LogP contribution in [0.25, 0.3) is 11.5 Å². The maximum Gasteiger partial charge on any atom is 0.251 e. The van der Waals surface area contributed by atoms with Gasteiger partial charge in [-0.1, -0.05) is 11.6 Å². The van der Waals surface area contributed by atoms with Crippen molar-refractivity contribution in [3.05, 3.63) is 70.8 Å². The Bertz CT molecular complexity index is 816. The molecule has 0 aliphatic heterocycles. The van der Waals surface area contributed by atoms with Crippen LogP contribution >= 0.6 is 11.6 Å². The zero-order chi connectivity index (χ0) is 16.2. The van der Waals surface area contributed by atoms with E-state index in [9.17, 15) is 9.18 Å². The molecule has 0 aliphatic carbocycles. The van der Waals surface area contributed by atoms with Gasteiger partial charge in [-0.3, -0.25) is 4.79 Å². The minimum absolute atomic E-state index is 0.0802. The lowest BCUT2D eigenvalue weighted by atomic mass is 10.2. The van der Waals surface area contributed by atoms with Crippen LogP contribution in [-0.2, 0) is 6.54 Å². The predicted molar refractivity (Wildman–Crippen MR) is 82.3 cm³/mol. The number of nitrogens with zero attached hydrogens (tertiary/aromatic N) is 2. The summed E-state index contributed by atoms with van der Waals surface area (Å²) in [7, 11) is 0. The summed E-state index contributed by atoms with van der Waals surface area (Å²) < 4.78 is 18.3. The summed E-state index contributed by atoms with van der Waals surface area (Å²) in [5.74, 6) is -0.139. The maximum absolute atomic E-state index is 12.8. The highest BCUT2D eigenvalue weighted by molar-refractivity contribution is 6.30. The van der Waals surface area contributed by atoms with Gasteiger partial charge in [-0.15, -0.1) is 10.2 Å². The number of rotatable bonds is 4. The van der Waals surface area contributed by atoms with Crippen LogP contribution in [0.5, 0.6) is 0 Å². The molecule has 0 atom stereocenters. The van der Waals surface area contributed by atoms with Crippen LogP contribution in [0, 0.1) is 5.82 Å². The number of benzene rings is 2. The van der Waals surface area contributed by atoms with Crippen molar-refractivity contribution in [3.8, 4) is 11.5 Å². The Morgan fingerprint density at radius 1 is 1.09 bits per heavy atom. The van der Waals surface area contributed by atoms with Gasteiger partial charge in [0.1, 0.15) is 5.82 Å². The molecular formula is C16H11ClFN3O2. The van der Waals surface area contributed by atoms with Crippen LogP contribution < -0.4 is 5.32 Å². The molecule has 0 spiro atoms. The minimum atomic E-state index is -0.397. The molecule has 1 amide bonds. The van der Waals surface area contributed by atoms with Crippen molar-refractivity contribution in [2.75, 3.05) is 0 Å². The maximum atomic E-state index is 12.8. The standard InChI is InChI=1S/C16H11ClFN3O2/c17-12-5-1-11(2-6-12)16-21-20-14(23-16)9-19-15(22)10-3-7-13(18)8-4-10/h1-8H,9H2,(H,19,22). The van der Waals surface area contributed by atoms with E-state index in [1.54, 1.807) is 24.3 Å². The number of aromatic nitrogens is 2. The van der Waals surface area contributed by atoms with E-state index in [1.165, 1.54) is 24.3 Å². The lowest BCUT2D eigenvalue weighted by molar-refractivity contribution is 0.0947. The number of hydrogen-bond donors (Lipinski definition) is 1. The summed E-state index contributed by atoms with van der Waals surface area (Å²) in [6, 6.07) is 12.2. The van der Waals surface area contributed by atoms with Crippen LogP contribution in [0.2, 0.25) is 5.02 Å². The molecule has 0 bridgehead atoms. The molecule has 3 aromatic rings. The van der Waals surface area contributed by atoms with Crippen molar-refractivity contribution >= 4 is 17.5 Å². The topological polar surface area (TPSA) is 68.0 Å². The van der Waals surface area contributed by atoms with E-state index in [4.69, 9.17) is 16.0 Å². The molecule has 23 heavy (non-hydrogen) atoms. The first-order chi connectivity index (χ1) is 11.1. The minimum Gasteiger partial charge on any atom is -0.419 e. The average molecular weight is 332 g/mol. The van der Waals surface area contributed by atoms with Gasteiger partial charge < -0.3 is 9.73 Å². The van der Waals surface area contributed by atoms with E-state index in [-0.39, 0.29) is 18.3 Å². The van der Waals surface area contributed by atoms with Crippen LogP contribution in [0.3, 0.4) is 0 Å². The summed E-state index contributed by atoms with van der Waals surface area (Å²) in [5, 5.41) is 11.0. The summed E-state index contributed by atoms with van der Waals surface area (Å²) in [5.41, 5.74) is 1.09. The Balaban J connectivity index is 1.64. The fourth-order valence-electron chi connectivity index (χ4n) is 1.89. The molecule has 0 unspecified atom stereocenters. The largest absolute Gasteiger partial charge is 0.419 e. The molecule has 2 aromatic carbocycles. The third-order valence-electron chi connectivity index (χ3n) is 3.06. The zero-order valence-corrected chi connectivity index (χ0v) is 12.5. The van der Waals surface area contributed by atoms with E-state index in [1.807, 2.05) is 0 Å². The fraction of sp³-hybridized carbons (Fsp3) is 0.0625. The van der Waals surface area contributed by atoms with Crippen LogP contribution in [0.4, 0.5) is 4.39 Å². The lowest BCUT2D eigenvalue weighted by Gasteiger charge is -2.02. The van der Waals surface area contributed by atoms with Gasteiger partial charge in [0, 0.05) is 16.1 Å². The average Bonchev–Trinajstić information content (AvgIpc) is 3.03. The highest BCUT2D eigenvalue weighted by Crippen LogP contribution is 2.20. The zero-order valence-electron chi connectivity index (χ0n) is 11.8. The molecule has 1 N–H and O–H groups in total. The molecule has 0 radical (unpaired) electrons. The van der Waals surface area contributed by atoms with E-state index >= 15 is 0 Å². The molecule has 5 nitrogen and oxygen atoms in total. The van der Waals surface area contributed by atoms with Crippen molar-refractivity contribution in [2.45, 2.75) is 6.54 Å². The molecule has 0 aliphatic rings. The molecule has 116 valence electrons. The number of carbonyl (C=O) groups is 1. The smallest absolute Gasteiger partial charge is 0.251 e. The van der Waals surface area contributed by atoms with Crippen LogP contribution in [0.15, 0.2) is 52.9 Å². The van der Waals surface area contributed by atoms with E-state index in [0.717, 1.165) is 5.56 Å². The first kappa shape index (κ1) is 15.2. The Morgan fingerprint density at radius 2 is 1.78 bits per heavy atom. The van der Waals surface area contributed by atoms with Gasteiger partial charge in [0.05, 0.1) is 6.54 Å². The van der Waals surface area contributed by atoms with Crippen molar-refractivity contribution in [1.82, 2.24) is 15.5 Å². The van der Waals surface area contributed by atoms with Crippen molar-refractivity contribution in [3.63, 3.8) is 0 Å². The number of hydrogen-bond acceptors (Lipinski definition) is 4. The lowest BCUT2D eigenvalue weighted by Crippen LogP contribution is -2.22. The Labute approximate surface area is 136 Å². The van der Waals surface area contributed by atoms with Gasteiger partial charge in [0.25, 0.3) is 5.91 Å². The van der Waals surface area contributed by atoms with E-state index in [2.05, 4.69) is 15.5 Å². The van der Waals surface area contributed by atoms with Crippen molar-refractivity contribution in [1.29, 1.82) is 0 Å². The van der Waals surface area contributed by atoms with E-state index < -0.39 is 5.82 Å². The molecule has 0 fully saturated rings. The molecule has 0 saturated carbocycles. The number of nitrogens with one attached hydrogen (secondary N) is 1. The Kier molecular flexibility index (Phi) is 4.34. The second-order valence-corrected chi connectivity index (χ2v) is 5.13. The quantitative estimate of drug-likeness (QED) is 0.795. The Morgan fingerprint density at radius 3 is 2.48 bits per heavy atom. The number of amides is 1. The Hall–Kier alpha value is -2.73. The molecule has 3 rings (SSSR count). The first-order valence-corrected chi connectivity index (χ1v) is 7.12. The van der Waals surface area contributed by atoms with Gasteiger partial charge in [0.2, 0.25) is 11.8 Å². The molecule has 0 saturated heterocycles. The second kappa shape index (κ2) is 6.58. The summed E-state index contributed by atoms with van der Waals surface area (Å²) >= 11 is 5.82. The molecule has 7 heteroatoms. The SMILES string of the molecule is O=C(NCc1nnc(-c2ccc(Cl)cc2)o1)c1ccc(F)cc1. The van der Waals surface area contributed by atoms with E-state index in [0.29, 0.717) is 16.5 Å². The third kappa shape index (κ3) is 3.73. The molecule has 1 aromatic heterocycles. The number of halogens is 2. The van der Waals surface area contributed by atoms with Gasteiger partial charge in [-0.25, -0.2) is 4.39 Å². The van der Waals surface area contributed by atoms with Gasteiger partial charge in [-0.2, -0.15) is 0 Å².